The number of hydrogen-bond donors (Lipinski definition) is 3. The van der Waals surface area contributed by atoms with Crippen LogP contribution >= 0.6 is 0 Å². The minimum absolute atomic E-state index is 0.0752. The number of rotatable bonds is 4. The lowest BCUT2D eigenvalue weighted by Crippen LogP contribution is -2.35. The number of hydrogen-bond acceptors (Lipinski definition) is 4. The highest BCUT2D eigenvalue weighted by molar-refractivity contribution is 5.96. The van der Waals surface area contributed by atoms with E-state index in [-0.39, 0.29) is 11.3 Å². The standard InChI is InChI=1S/C14H13N3O2/c1-10(11-5-4-8-15-9-11)16-17-14(19)12-6-2-3-7-13(12)18/h2-9,16,18H,1H2,(H,17,19). The Morgan fingerprint density at radius 3 is 2.63 bits per heavy atom. The summed E-state index contributed by atoms with van der Waals surface area (Å²) in [5, 5.41) is 9.54. The molecule has 5 nitrogen and oxygen atoms in total. The van der Waals surface area contributed by atoms with Crippen molar-refractivity contribution in [1.29, 1.82) is 0 Å². The van der Waals surface area contributed by atoms with E-state index >= 15 is 0 Å². The smallest absolute Gasteiger partial charge is 0.273 e. The summed E-state index contributed by atoms with van der Waals surface area (Å²) in [5.41, 5.74) is 6.60. The van der Waals surface area contributed by atoms with Gasteiger partial charge in [-0.3, -0.25) is 20.6 Å². The molecular formula is C14H13N3O2. The monoisotopic (exact) mass is 255 g/mol. The van der Waals surface area contributed by atoms with Crippen molar-refractivity contribution < 1.29 is 9.90 Å². The second kappa shape index (κ2) is 5.68. The number of carbonyl (C=O) groups is 1. The number of hydrazine groups is 1. The van der Waals surface area contributed by atoms with Crippen LogP contribution in [-0.2, 0) is 0 Å². The van der Waals surface area contributed by atoms with Gasteiger partial charge >= 0.3 is 0 Å². The zero-order chi connectivity index (χ0) is 13.7. The van der Waals surface area contributed by atoms with Crippen molar-refractivity contribution in [3.8, 4) is 5.75 Å². The van der Waals surface area contributed by atoms with Gasteiger partial charge < -0.3 is 5.11 Å². The van der Waals surface area contributed by atoms with E-state index in [4.69, 9.17) is 0 Å². The van der Waals surface area contributed by atoms with Crippen LogP contribution in [-0.4, -0.2) is 16.0 Å². The van der Waals surface area contributed by atoms with E-state index in [2.05, 4.69) is 22.4 Å². The molecule has 1 amide bonds. The molecule has 96 valence electrons. The van der Waals surface area contributed by atoms with E-state index in [1.807, 2.05) is 6.07 Å². The summed E-state index contributed by atoms with van der Waals surface area (Å²) in [5.74, 6) is -0.517. The van der Waals surface area contributed by atoms with Crippen LogP contribution < -0.4 is 10.9 Å². The fourth-order valence-electron chi connectivity index (χ4n) is 1.48. The Labute approximate surface area is 110 Å². The lowest BCUT2D eigenvalue weighted by Gasteiger charge is -2.11. The average molecular weight is 255 g/mol. The second-order valence-corrected chi connectivity index (χ2v) is 3.82. The van der Waals surface area contributed by atoms with Crippen LogP contribution in [0.15, 0.2) is 55.4 Å². The molecular weight excluding hydrogens is 242 g/mol. The van der Waals surface area contributed by atoms with Crippen LogP contribution in [0.5, 0.6) is 5.75 Å². The molecule has 0 fully saturated rings. The molecule has 0 unspecified atom stereocenters. The lowest BCUT2D eigenvalue weighted by atomic mass is 10.2. The number of nitrogens with zero attached hydrogens (tertiary/aromatic N) is 1. The van der Waals surface area contributed by atoms with E-state index < -0.39 is 5.91 Å². The summed E-state index contributed by atoms with van der Waals surface area (Å²) in [6.45, 7) is 3.78. The first-order valence-corrected chi connectivity index (χ1v) is 5.62. The van der Waals surface area contributed by atoms with Gasteiger partial charge in [0.25, 0.3) is 5.91 Å². The molecule has 0 aliphatic heterocycles. The topological polar surface area (TPSA) is 74.2 Å². The Bertz CT molecular complexity index is 597. The van der Waals surface area contributed by atoms with Crippen molar-refractivity contribution in [2.45, 2.75) is 0 Å². The Kier molecular flexibility index (Phi) is 3.78. The van der Waals surface area contributed by atoms with Crippen LogP contribution in [0, 0.1) is 0 Å². The third-order valence-corrected chi connectivity index (χ3v) is 2.49. The summed E-state index contributed by atoms with van der Waals surface area (Å²) >= 11 is 0. The molecule has 0 saturated heterocycles. The molecule has 1 heterocycles. The summed E-state index contributed by atoms with van der Waals surface area (Å²) in [6.07, 6.45) is 3.28. The normalized spacial score (nSPS) is 9.68. The molecule has 19 heavy (non-hydrogen) atoms. The van der Waals surface area contributed by atoms with Gasteiger partial charge in [0.15, 0.2) is 0 Å². The van der Waals surface area contributed by atoms with Gasteiger partial charge in [0, 0.05) is 18.0 Å². The maximum absolute atomic E-state index is 11.8. The van der Waals surface area contributed by atoms with Crippen molar-refractivity contribution in [3.63, 3.8) is 0 Å². The number of phenolic OH excluding ortho intramolecular Hbond substituents is 1. The quantitative estimate of drug-likeness (QED) is 0.727. The zero-order valence-electron chi connectivity index (χ0n) is 10.1. The van der Waals surface area contributed by atoms with Crippen LogP contribution in [0.1, 0.15) is 15.9 Å². The van der Waals surface area contributed by atoms with E-state index in [0.29, 0.717) is 5.70 Å². The first kappa shape index (κ1) is 12.6. The number of carbonyl (C=O) groups excluding carboxylic acids is 1. The fourth-order valence-corrected chi connectivity index (χ4v) is 1.48. The van der Waals surface area contributed by atoms with Gasteiger partial charge in [-0.15, -0.1) is 0 Å². The molecule has 1 aromatic carbocycles. The minimum Gasteiger partial charge on any atom is -0.507 e. The Morgan fingerprint density at radius 1 is 1.16 bits per heavy atom. The summed E-state index contributed by atoms with van der Waals surface area (Å²) in [7, 11) is 0. The van der Waals surface area contributed by atoms with Gasteiger partial charge in [0.2, 0.25) is 0 Å². The third-order valence-electron chi connectivity index (χ3n) is 2.49. The van der Waals surface area contributed by atoms with Gasteiger partial charge in [0.05, 0.1) is 11.3 Å². The molecule has 0 radical (unpaired) electrons. The number of phenols is 1. The van der Waals surface area contributed by atoms with Gasteiger partial charge in [-0.1, -0.05) is 18.7 Å². The highest BCUT2D eigenvalue weighted by atomic mass is 16.3. The second-order valence-electron chi connectivity index (χ2n) is 3.82. The summed E-state index contributed by atoms with van der Waals surface area (Å²) in [6, 6.07) is 9.88. The SMILES string of the molecule is C=C(NNC(=O)c1ccccc1O)c1cccnc1. The number of nitrogens with one attached hydrogen (secondary N) is 2. The molecule has 0 saturated carbocycles. The van der Waals surface area contributed by atoms with E-state index in [1.54, 1.807) is 30.6 Å². The first-order valence-electron chi connectivity index (χ1n) is 5.62. The van der Waals surface area contributed by atoms with Gasteiger partial charge in [-0.25, -0.2) is 0 Å². The number of aromatic nitrogens is 1. The number of pyridine rings is 1. The van der Waals surface area contributed by atoms with E-state index in [0.717, 1.165) is 5.56 Å². The molecule has 0 bridgehead atoms. The molecule has 3 N–H and O–H groups in total. The highest BCUT2D eigenvalue weighted by Gasteiger charge is 2.09. The first-order chi connectivity index (χ1) is 9.18. The number of benzene rings is 1. The van der Waals surface area contributed by atoms with E-state index in [1.165, 1.54) is 12.1 Å². The van der Waals surface area contributed by atoms with Gasteiger partial charge in [-0.05, 0) is 24.3 Å². The highest BCUT2D eigenvalue weighted by Crippen LogP contribution is 2.15. The van der Waals surface area contributed by atoms with Crippen LogP contribution in [0.2, 0.25) is 0 Å². The van der Waals surface area contributed by atoms with Gasteiger partial charge in [-0.2, -0.15) is 0 Å². The zero-order valence-corrected chi connectivity index (χ0v) is 10.1. The fraction of sp³-hybridized carbons (Fsp3) is 0. The Hall–Kier alpha value is -2.82. The summed E-state index contributed by atoms with van der Waals surface area (Å²) in [4.78, 5) is 15.8. The Morgan fingerprint density at radius 2 is 1.95 bits per heavy atom. The van der Waals surface area contributed by atoms with Crippen molar-refractivity contribution in [1.82, 2.24) is 15.8 Å². The summed E-state index contributed by atoms with van der Waals surface area (Å²) < 4.78 is 0. The number of aromatic hydroxyl groups is 1. The molecule has 5 heteroatoms. The van der Waals surface area contributed by atoms with E-state index in [9.17, 15) is 9.90 Å². The molecule has 0 aliphatic carbocycles. The maximum atomic E-state index is 11.8. The van der Waals surface area contributed by atoms with Crippen molar-refractivity contribution in [3.05, 3.63) is 66.5 Å². The Balaban J connectivity index is 1.98. The van der Waals surface area contributed by atoms with Crippen molar-refractivity contribution in [2.24, 2.45) is 0 Å². The number of amides is 1. The molecule has 2 rings (SSSR count). The van der Waals surface area contributed by atoms with Gasteiger partial charge in [0.1, 0.15) is 5.75 Å². The third kappa shape index (κ3) is 3.10. The molecule has 0 aliphatic rings. The van der Waals surface area contributed by atoms with Crippen LogP contribution in [0.4, 0.5) is 0 Å². The van der Waals surface area contributed by atoms with Crippen LogP contribution in [0.25, 0.3) is 5.70 Å². The minimum atomic E-state index is -0.442. The maximum Gasteiger partial charge on any atom is 0.273 e. The molecule has 0 spiro atoms. The molecule has 2 aromatic rings. The van der Waals surface area contributed by atoms with Crippen LogP contribution in [0.3, 0.4) is 0 Å². The molecule has 0 atom stereocenters. The molecule has 1 aromatic heterocycles. The lowest BCUT2D eigenvalue weighted by molar-refractivity contribution is 0.0940. The number of para-hydroxylation sites is 1. The predicted molar refractivity (Wildman–Crippen MR) is 72.0 cm³/mol. The largest absolute Gasteiger partial charge is 0.507 e. The average Bonchev–Trinajstić information content (AvgIpc) is 2.46. The predicted octanol–water partition coefficient (Wildman–Crippen LogP) is 1.69. The van der Waals surface area contributed by atoms with Crippen molar-refractivity contribution >= 4 is 11.6 Å². The van der Waals surface area contributed by atoms with Crippen molar-refractivity contribution in [2.75, 3.05) is 0 Å².